The molecule has 5 nitrogen and oxygen atoms in total. The molecule has 25 heavy (non-hydrogen) atoms. The van der Waals surface area contributed by atoms with Gasteiger partial charge >= 0.3 is 5.97 Å². The fourth-order valence-corrected chi connectivity index (χ4v) is 2.97. The summed E-state index contributed by atoms with van der Waals surface area (Å²) in [6, 6.07) is 7.58. The third-order valence-corrected chi connectivity index (χ3v) is 4.41. The molecular formula is C20H27NO4. The molecule has 0 radical (unpaired) electrons. The number of nitrogens with one attached hydrogen (secondary N) is 1. The maximum atomic E-state index is 11.9. The Bertz CT molecular complexity index is 594. The largest absolute Gasteiger partial charge is 0.494 e. The van der Waals surface area contributed by atoms with Crippen LogP contribution in [-0.4, -0.2) is 31.1 Å². The van der Waals surface area contributed by atoms with Gasteiger partial charge in [-0.15, -0.1) is 0 Å². The first-order chi connectivity index (χ1) is 12.1. The third kappa shape index (κ3) is 6.61. The molecule has 0 unspecified atom stereocenters. The zero-order valence-electron chi connectivity index (χ0n) is 15.0. The van der Waals surface area contributed by atoms with Crippen LogP contribution < -0.4 is 10.1 Å². The van der Waals surface area contributed by atoms with Crippen LogP contribution in [0.25, 0.3) is 6.08 Å². The van der Waals surface area contributed by atoms with Crippen molar-refractivity contribution in [1.29, 1.82) is 0 Å². The summed E-state index contributed by atoms with van der Waals surface area (Å²) in [5.74, 6) is 0.506. The summed E-state index contributed by atoms with van der Waals surface area (Å²) in [5, 5.41) is 2.96. The molecule has 1 saturated carbocycles. The van der Waals surface area contributed by atoms with Crippen molar-refractivity contribution in [1.82, 2.24) is 5.32 Å². The number of hydrogen-bond acceptors (Lipinski definition) is 4. The molecule has 0 heterocycles. The van der Waals surface area contributed by atoms with Crippen molar-refractivity contribution in [2.75, 3.05) is 13.2 Å². The van der Waals surface area contributed by atoms with E-state index in [0.29, 0.717) is 12.5 Å². The van der Waals surface area contributed by atoms with Gasteiger partial charge in [-0.25, -0.2) is 4.79 Å². The minimum Gasteiger partial charge on any atom is -0.494 e. The van der Waals surface area contributed by atoms with E-state index in [0.717, 1.165) is 30.6 Å². The lowest BCUT2D eigenvalue weighted by atomic mass is 9.86. The van der Waals surface area contributed by atoms with Crippen molar-refractivity contribution in [2.45, 2.75) is 45.6 Å². The van der Waals surface area contributed by atoms with Crippen molar-refractivity contribution in [3.63, 3.8) is 0 Å². The smallest absolute Gasteiger partial charge is 0.331 e. The summed E-state index contributed by atoms with van der Waals surface area (Å²) in [5.41, 5.74) is 0.862. The van der Waals surface area contributed by atoms with Gasteiger partial charge in [-0.3, -0.25) is 4.79 Å². The van der Waals surface area contributed by atoms with Gasteiger partial charge in [0.2, 0.25) is 0 Å². The molecule has 1 amide bonds. The maximum Gasteiger partial charge on any atom is 0.331 e. The quantitative estimate of drug-likeness (QED) is 0.608. The van der Waals surface area contributed by atoms with Crippen LogP contribution in [0, 0.1) is 5.92 Å². The van der Waals surface area contributed by atoms with E-state index >= 15 is 0 Å². The lowest BCUT2D eigenvalue weighted by Gasteiger charge is -2.29. The molecule has 1 N–H and O–H groups in total. The number of hydrogen-bond donors (Lipinski definition) is 1. The predicted molar refractivity (Wildman–Crippen MR) is 97.2 cm³/mol. The van der Waals surface area contributed by atoms with E-state index in [9.17, 15) is 9.59 Å². The Morgan fingerprint density at radius 3 is 2.60 bits per heavy atom. The van der Waals surface area contributed by atoms with Crippen LogP contribution in [0.1, 0.15) is 45.1 Å². The van der Waals surface area contributed by atoms with Gasteiger partial charge in [0.1, 0.15) is 5.75 Å². The Kier molecular flexibility index (Phi) is 7.51. The van der Waals surface area contributed by atoms with Crippen LogP contribution in [0.4, 0.5) is 0 Å². The van der Waals surface area contributed by atoms with Crippen molar-refractivity contribution >= 4 is 18.0 Å². The molecule has 0 bridgehead atoms. The van der Waals surface area contributed by atoms with Crippen molar-refractivity contribution < 1.29 is 19.1 Å². The summed E-state index contributed by atoms with van der Waals surface area (Å²) < 4.78 is 10.4. The molecule has 1 aliphatic carbocycles. The van der Waals surface area contributed by atoms with E-state index in [-0.39, 0.29) is 18.6 Å². The van der Waals surface area contributed by atoms with Crippen LogP contribution in [0.5, 0.6) is 5.75 Å². The number of benzene rings is 1. The number of ether oxygens (including phenoxy) is 2. The van der Waals surface area contributed by atoms with E-state index in [2.05, 4.69) is 12.2 Å². The second kappa shape index (κ2) is 9.87. The molecule has 0 spiro atoms. The van der Waals surface area contributed by atoms with Gasteiger partial charge in [0.15, 0.2) is 6.61 Å². The number of rotatable bonds is 7. The second-order valence-electron chi connectivity index (χ2n) is 6.38. The number of esters is 1. The van der Waals surface area contributed by atoms with Gasteiger partial charge in [-0.1, -0.05) is 31.9 Å². The summed E-state index contributed by atoms with van der Waals surface area (Å²) in [4.78, 5) is 23.6. The summed E-state index contributed by atoms with van der Waals surface area (Å²) in [6.07, 6.45) is 7.47. The molecule has 136 valence electrons. The van der Waals surface area contributed by atoms with E-state index < -0.39 is 5.97 Å². The van der Waals surface area contributed by atoms with E-state index in [1.54, 1.807) is 6.08 Å². The molecule has 2 rings (SSSR count). The first-order valence-electron chi connectivity index (χ1n) is 8.95. The fourth-order valence-electron chi connectivity index (χ4n) is 2.97. The summed E-state index contributed by atoms with van der Waals surface area (Å²) in [6.45, 7) is 4.45. The van der Waals surface area contributed by atoms with Gasteiger partial charge in [0, 0.05) is 12.1 Å². The van der Waals surface area contributed by atoms with Crippen LogP contribution in [0.2, 0.25) is 0 Å². The van der Waals surface area contributed by atoms with Crippen LogP contribution in [0.3, 0.4) is 0 Å². The van der Waals surface area contributed by atoms with Gasteiger partial charge in [0.05, 0.1) is 6.61 Å². The lowest BCUT2D eigenvalue weighted by molar-refractivity contribution is -0.144. The van der Waals surface area contributed by atoms with Gasteiger partial charge in [-0.05, 0) is 49.5 Å². The average Bonchev–Trinajstić information content (AvgIpc) is 2.61. The number of carbonyl (C=O) groups is 2. The molecule has 5 heteroatoms. The topological polar surface area (TPSA) is 64.6 Å². The zero-order chi connectivity index (χ0) is 18.1. The van der Waals surface area contributed by atoms with E-state index in [1.165, 1.54) is 12.5 Å². The average molecular weight is 345 g/mol. The molecule has 1 aromatic carbocycles. The summed E-state index contributed by atoms with van der Waals surface area (Å²) >= 11 is 0. The van der Waals surface area contributed by atoms with Gasteiger partial charge in [0.25, 0.3) is 5.91 Å². The van der Waals surface area contributed by atoms with Crippen molar-refractivity contribution in [3.05, 3.63) is 35.9 Å². The first kappa shape index (κ1) is 19.0. The van der Waals surface area contributed by atoms with Crippen molar-refractivity contribution in [2.24, 2.45) is 5.92 Å². The molecule has 1 aromatic rings. The standard InChI is InChI=1S/C20H27NO4/c1-3-24-17-11-8-16(9-12-17)10-13-20(23)25-14-19(22)21-18-7-5-4-6-15(18)2/h8-13,15,18H,3-7,14H2,1-2H3,(H,21,22)/b13-10+/t15-,18-/m0/s1. The van der Waals surface area contributed by atoms with Crippen LogP contribution in [-0.2, 0) is 14.3 Å². The first-order valence-corrected chi connectivity index (χ1v) is 8.95. The Morgan fingerprint density at radius 1 is 1.20 bits per heavy atom. The SMILES string of the molecule is CCOc1ccc(/C=C/C(=O)OCC(=O)N[C@H]2CCCC[C@@H]2C)cc1. The minimum absolute atomic E-state index is 0.194. The highest BCUT2D eigenvalue weighted by Gasteiger charge is 2.22. The maximum absolute atomic E-state index is 11.9. The Balaban J connectivity index is 1.73. The highest BCUT2D eigenvalue weighted by molar-refractivity contribution is 5.89. The molecular weight excluding hydrogens is 318 g/mol. The van der Waals surface area contributed by atoms with Crippen LogP contribution in [0.15, 0.2) is 30.3 Å². The van der Waals surface area contributed by atoms with E-state index in [1.807, 2.05) is 31.2 Å². The zero-order valence-corrected chi connectivity index (χ0v) is 15.0. The molecule has 1 aliphatic rings. The van der Waals surface area contributed by atoms with Crippen molar-refractivity contribution in [3.8, 4) is 5.75 Å². The van der Waals surface area contributed by atoms with Crippen LogP contribution >= 0.6 is 0 Å². The number of carbonyl (C=O) groups excluding carboxylic acids is 2. The third-order valence-electron chi connectivity index (χ3n) is 4.41. The molecule has 1 fully saturated rings. The normalized spacial score (nSPS) is 20.2. The molecule has 0 aliphatic heterocycles. The molecule has 0 saturated heterocycles. The van der Waals surface area contributed by atoms with Gasteiger partial charge < -0.3 is 14.8 Å². The fraction of sp³-hybridized carbons (Fsp3) is 0.500. The number of amides is 1. The Hall–Kier alpha value is -2.30. The Morgan fingerprint density at radius 2 is 1.92 bits per heavy atom. The lowest BCUT2D eigenvalue weighted by Crippen LogP contribution is -2.42. The minimum atomic E-state index is -0.527. The van der Waals surface area contributed by atoms with E-state index in [4.69, 9.17) is 9.47 Å². The highest BCUT2D eigenvalue weighted by Crippen LogP contribution is 2.23. The molecule has 2 atom stereocenters. The second-order valence-corrected chi connectivity index (χ2v) is 6.38. The summed E-state index contributed by atoms with van der Waals surface area (Å²) in [7, 11) is 0. The highest BCUT2D eigenvalue weighted by atomic mass is 16.5. The molecule has 0 aromatic heterocycles. The predicted octanol–water partition coefficient (Wildman–Crippen LogP) is 3.34. The van der Waals surface area contributed by atoms with Gasteiger partial charge in [-0.2, -0.15) is 0 Å². The monoisotopic (exact) mass is 345 g/mol. The Labute approximate surface area is 149 Å².